The smallest absolute Gasteiger partial charge is 0.246 e. The van der Waals surface area contributed by atoms with Crippen LogP contribution in [0, 0.1) is 5.92 Å². The molecule has 4 rings (SSSR count). The minimum atomic E-state index is -0.0948. The minimum absolute atomic E-state index is 0.0616. The maximum absolute atomic E-state index is 12.7. The molecule has 1 aromatic heterocycles. The molecule has 1 saturated heterocycles. The number of likely N-dealkylation sites (tertiary alicyclic amines) is 1. The molecule has 6 nitrogen and oxygen atoms in total. The van der Waals surface area contributed by atoms with Crippen molar-refractivity contribution < 1.29 is 18.7 Å². The number of aromatic nitrogens is 1. The second-order valence-corrected chi connectivity index (χ2v) is 7.05. The van der Waals surface area contributed by atoms with E-state index in [1.807, 2.05) is 24.3 Å². The highest BCUT2D eigenvalue weighted by atomic mass is 16.5. The monoisotopic (exact) mass is 390 g/mol. The van der Waals surface area contributed by atoms with E-state index < -0.39 is 0 Å². The number of fused-ring (bicyclic) bond motifs is 1. The molecule has 1 fully saturated rings. The van der Waals surface area contributed by atoms with E-state index in [1.54, 1.807) is 42.4 Å². The topological polar surface area (TPSA) is 72.6 Å². The number of piperidine rings is 1. The van der Waals surface area contributed by atoms with Gasteiger partial charge in [0.05, 0.1) is 7.11 Å². The van der Waals surface area contributed by atoms with E-state index in [2.05, 4.69) is 4.98 Å². The van der Waals surface area contributed by atoms with E-state index in [0.717, 1.165) is 11.3 Å². The maximum Gasteiger partial charge on any atom is 0.246 e. The highest BCUT2D eigenvalue weighted by Crippen LogP contribution is 2.23. The number of methoxy groups -OCH3 is 1. The Balaban J connectivity index is 1.33. The van der Waals surface area contributed by atoms with Crippen molar-refractivity contribution in [1.82, 2.24) is 9.88 Å². The lowest BCUT2D eigenvalue weighted by Crippen LogP contribution is -2.39. The van der Waals surface area contributed by atoms with Crippen molar-refractivity contribution in [2.45, 2.75) is 12.8 Å². The first-order valence-corrected chi connectivity index (χ1v) is 9.65. The summed E-state index contributed by atoms with van der Waals surface area (Å²) < 4.78 is 10.7. The molecule has 3 aromatic rings. The summed E-state index contributed by atoms with van der Waals surface area (Å²) in [6.07, 6.45) is 4.40. The van der Waals surface area contributed by atoms with E-state index >= 15 is 0 Å². The number of hydrogen-bond acceptors (Lipinski definition) is 5. The van der Waals surface area contributed by atoms with Gasteiger partial charge in [0, 0.05) is 36.7 Å². The van der Waals surface area contributed by atoms with Crippen LogP contribution < -0.4 is 4.74 Å². The largest absolute Gasteiger partial charge is 0.497 e. The first kappa shape index (κ1) is 18.9. The summed E-state index contributed by atoms with van der Waals surface area (Å²) in [5, 5.41) is 0. The Kier molecular flexibility index (Phi) is 5.42. The van der Waals surface area contributed by atoms with Gasteiger partial charge in [-0.2, -0.15) is 0 Å². The SMILES string of the molecule is COc1ccc(C(=O)C2CCN(C(=O)/C=C/c3nc4ccccc4o3)CC2)cc1. The summed E-state index contributed by atoms with van der Waals surface area (Å²) >= 11 is 0. The Labute approximate surface area is 168 Å². The molecule has 0 radical (unpaired) electrons. The van der Waals surface area contributed by atoms with Gasteiger partial charge in [-0.15, -0.1) is 0 Å². The second-order valence-electron chi connectivity index (χ2n) is 7.05. The fourth-order valence-electron chi connectivity index (χ4n) is 3.56. The van der Waals surface area contributed by atoms with Gasteiger partial charge in [0.15, 0.2) is 11.4 Å². The van der Waals surface area contributed by atoms with Gasteiger partial charge >= 0.3 is 0 Å². The van der Waals surface area contributed by atoms with E-state index in [9.17, 15) is 9.59 Å². The average molecular weight is 390 g/mol. The number of oxazole rings is 1. The van der Waals surface area contributed by atoms with Crippen molar-refractivity contribution in [1.29, 1.82) is 0 Å². The van der Waals surface area contributed by atoms with Crippen LogP contribution in [-0.4, -0.2) is 41.8 Å². The number of amides is 1. The zero-order valence-corrected chi connectivity index (χ0v) is 16.2. The van der Waals surface area contributed by atoms with Crippen molar-refractivity contribution in [3.05, 3.63) is 66.1 Å². The number of ether oxygens (including phenoxy) is 1. The van der Waals surface area contributed by atoms with Gasteiger partial charge in [0.25, 0.3) is 0 Å². The Morgan fingerprint density at radius 2 is 1.83 bits per heavy atom. The third kappa shape index (κ3) is 4.21. The number of hydrogen-bond donors (Lipinski definition) is 0. The van der Waals surface area contributed by atoms with Crippen molar-refractivity contribution in [2.75, 3.05) is 20.2 Å². The summed E-state index contributed by atoms with van der Waals surface area (Å²) in [7, 11) is 1.60. The van der Waals surface area contributed by atoms with Gasteiger partial charge in [0.1, 0.15) is 11.3 Å². The first-order valence-electron chi connectivity index (χ1n) is 9.65. The highest BCUT2D eigenvalue weighted by Gasteiger charge is 2.27. The number of ketones is 1. The molecule has 1 amide bonds. The summed E-state index contributed by atoms with van der Waals surface area (Å²) in [6.45, 7) is 1.12. The lowest BCUT2D eigenvalue weighted by Gasteiger charge is -2.30. The van der Waals surface area contributed by atoms with Gasteiger partial charge in [-0.05, 0) is 49.2 Å². The maximum atomic E-state index is 12.7. The van der Waals surface area contributed by atoms with Gasteiger partial charge in [-0.1, -0.05) is 12.1 Å². The third-order valence-corrected chi connectivity index (χ3v) is 5.23. The van der Waals surface area contributed by atoms with Gasteiger partial charge < -0.3 is 14.1 Å². The van der Waals surface area contributed by atoms with E-state index in [0.29, 0.717) is 43.0 Å². The summed E-state index contributed by atoms with van der Waals surface area (Å²) in [5.41, 5.74) is 2.14. The van der Waals surface area contributed by atoms with Crippen molar-refractivity contribution >= 4 is 28.9 Å². The number of nitrogens with zero attached hydrogens (tertiary/aromatic N) is 2. The molecule has 0 saturated carbocycles. The fourth-order valence-corrected chi connectivity index (χ4v) is 3.56. The van der Waals surface area contributed by atoms with Crippen molar-refractivity contribution in [3.63, 3.8) is 0 Å². The van der Waals surface area contributed by atoms with Gasteiger partial charge in [-0.25, -0.2) is 4.98 Å². The summed E-state index contributed by atoms with van der Waals surface area (Å²) in [6, 6.07) is 14.6. The minimum Gasteiger partial charge on any atom is -0.497 e. The number of benzene rings is 2. The molecule has 0 N–H and O–H groups in total. The Hall–Kier alpha value is -3.41. The molecule has 0 unspecified atom stereocenters. The standard InChI is InChI=1S/C23H22N2O4/c1-28-18-8-6-16(7-9-18)23(27)17-12-14-25(15-13-17)22(26)11-10-21-24-19-4-2-3-5-20(19)29-21/h2-11,17H,12-15H2,1H3/b11-10+. The van der Waals surface area contributed by atoms with Crippen molar-refractivity contribution in [2.24, 2.45) is 5.92 Å². The normalized spacial score (nSPS) is 15.1. The Morgan fingerprint density at radius 1 is 1.10 bits per heavy atom. The molecule has 0 bridgehead atoms. The van der Waals surface area contributed by atoms with Crippen LogP contribution in [0.2, 0.25) is 0 Å². The average Bonchev–Trinajstić information content (AvgIpc) is 3.20. The van der Waals surface area contributed by atoms with Crippen LogP contribution in [0.5, 0.6) is 5.75 Å². The number of carbonyl (C=O) groups is 2. The number of rotatable bonds is 5. The predicted molar refractivity (Wildman–Crippen MR) is 110 cm³/mol. The van der Waals surface area contributed by atoms with E-state index in [-0.39, 0.29) is 17.6 Å². The first-order chi connectivity index (χ1) is 14.1. The molecule has 0 aliphatic carbocycles. The molecule has 2 aromatic carbocycles. The second kappa shape index (κ2) is 8.31. The van der Waals surface area contributed by atoms with Crippen LogP contribution in [0.3, 0.4) is 0 Å². The van der Waals surface area contributed by atoms with Crippen LogP contribution in [0.25, 0.3) is 17.2 Å². The third-order valence-electron chi connectivity index (χ3n) is 5.23. The van der Waals surface area contributed by atoms with E-state index in [4.69, 9.17) is 9.15 Å². The summed E-state index contributed by atoms with van der Waals surface area (Å²) in [4.78, 5) is 31.3. The zero-order valence-electron chi connectivity index (χ0n) is 16.2. The molecule has 1 aliphatic rings. The van der Waals surface area contributed by atoms with Crippen LogP contribution in [0.4, 0.5) is 0 Å². The molecule has 0 spiro atoms. The zero-order chi connectivity index (χ0) is 20.2. The molecule has 6 heteroatoms. The van der Waals surface area contributed by atoms with Gasteiger partial charge in [-0.3, -0.25) is 9.59 Å². The number of carbonyl (C=O) groups excluding carboxylic acids is 2. The quantitative estimate of drug-likeness (QED) is 0.487. The van der Waals surface area contributed by atoms with Crippen LogP contribution in [0.1, 0.15) is 29.1 Å². The Bertz CT molecular complexity index is 1010. The Morgan fingerprint density at radius 3 is 2.52 bits per heavy atom. The molecular weight excluding hydrogens is 368 g/mol. The van der Waals surface area contributed by atoms with Crippen LogP contribution >= 0.6 is 0 Å². The molecule has 1 aliphatic heterocycles. The highest BCUT2D eigenvalue weighted by molar-refractivity contribution is 5.98. The molecular formula is C23H22N2O4. The van der Waals surface area contributed by atoms with Crippen LogP contribution in [0.15, 0.2) is 59.0 Å². The lowest BCUT2D eigenvalue weighted by atomic mass is 9.89. The summed E-state index contributed by atoms with van der Waals surface area (Å²) in [5.74, 6) is 1.11. The number of para-hydroxylation sites is 2. The molecule has 0 atom stereocenters. The molecule has 29 heavy (non-hydrogen) atoms. The number of Topliss-reactive ketones (excluding diaryl/α,β-unsaturated/α-hetero) is 1. The van der Waals surface area contributed by atoms with Crippen LogP contribution in [-0.2, 0) is 4.79 Å². The predicted octanol–water partition coefficient (Wildman–Crippen LogP) is 3.97. The molecule has 148 valence electrons. The van der Waals surface area contributed by atoms with Gasteiger partial charge in [0.2, 0.25) is 11.8 Å². The molecule has 2 heterocycles. The lowest BCUT2D eigenvalue weighted by molar-refractivity contribution is -0.127. The fraction of sp³-hybridized carbons (Fsp3) is 0.261. The van der Waals surface area contributed by atoms with E-state index in [1.165, 1.54) is 6.08 Å². The van der Waals surface area contributed by atoms with Crippen molar-refractivity contribution in [3.8, 4) is 5.75 Å².